The van der Waals surface area contributed by atoms with Crippen molar-refractivity contribution in [3.05, 3.63) is 12.2 Å². The number of nitrogens with zero attached hydrogens (tertiary/aromatic N) is 1. The molecule has 0 saturated heterocycles. The first-order valence-corrected chi connectivity index (χ1v) is 3.93. The van der Waals surface area contributed by atoms with Gasteiger partial charge in [0.15, 0.2) is 12.4 Å². The summed E-state index contributed by atoms with van der Waals surface area (Å²) in [6.07, 6.45) is 1.28. The van der Waals surface area contributed by atoms with E-state index < -0.39 is 5.97 Å². The number of rotatable bonds is 3. The number of nitrogens with one attached hydrogen (secondary N) is 1. The molecule has 0 unspecified atom stereocenters. The van der Waals surface area contributed by atoms with Gasteiger partial charge in [0.2, 0.25) is 11.8 Å². The van der Waals surface area contributed by atoms with Crippen LogP contribution in [0.3, 0.4) is 0 Å². The maximum atomic E-state index is 10.6. The summed E-state index contributed by atoms with van der Waals surface area (Å²) in [7, 11) is 0. The van der Waals surface area contributed by atoms with E-state index in [0.717, 1.165) is 0 Å². The van der Waals surface area contributed by atoms with Crippen molar-refractivity contribution in [3.8, 4) is 0 Å². The molecule has 0 aromatic carbocycles. The summed E-state index contributed by atoms with van der Waals surface area (Å²) in [5, 5.41) is 2.43. The molecule has 6 nitrogen and oxygen atoms in total. The SMILES string of the molecule is CC(=O)Nc1coc(COC(C)=O)n1. The molecule has 0 aliphatic rings. The van der Waals surface area contributed by atoms with Gasteiger partial charge in [-0.15, -0.1) is 0 Å². The molecule has 1 heterocycles. The van der Waals surface area contributed by atoms with Crippen LogP contribution in [0.4, 0.5) is 5.82 Å². The molecule has 0 bridgehead atoms. The van der Waals surface area contributed by atoms with E-state index in [9.17, 15) is 9.59 Å². The van der Waals surface area contributed by atoms with Crippen LogP contribution < -0.4 is 5.32 Å². The molecule has 0 saturated carbocycles. The summed E-state index contributed by atoms with van der Waals surface area (Å²) in [6.45, 7) is 2.62. The van der Waals surface area contributed by atoms with Gasteiger partial charge in [-0.25, -0.2) is 0 Å². The minimum atomic E-state index is -0.413. The topological polar surface area (TPSA) is 81.4 Å². The molecule has 76 valence electrons. The van der Waals surface area contributed by atoms with Crippen LogP contribution >= 0.6 is 0 Å². The molecule has 0 radical (unpaired) electrons. The smallest absolute Gasteiger partial charge is 0.303 e. The number of amides is 1. The largest absolute Gasteiger partial charge is 0.456 e. The number of aromatic nitrogens is 1. The van der Waals surface area contributed by atoms with Crippen LogP contribution in [0, 0.1) is 0 Å². The number of oxazole rings is 1. The van der Waals surface area contributed by atoms with E-state index in [1.165, 1.54) is 20.1 Å². The lowest BCUT2D eigenvalue weighted by molar-refractivity contribution is -0.142. The third-order valence-electron chi connectivity index (χ3n) is 1.25. The molecule has 1 aromatic rings. The molecular weight excluding hydrogens is 188 g/mol. The number of carbonyl (C=O) groups is 2. The van der Waals surface area contributed by atoms with Crippen molar-refractivity contribution in [3.63, 3.8) is 0 Å². The molecule has 14 heavy (non-hydrogen) atoms. The van der Waals surface area contributed by atoms with E-state index >= 15 is 0 Å². The van der Waals surface area contributed by atoms with Crippen molar-refractivity contribution in [2.45, 2.75) is 20.5 Å². The van der Waals surface area contributed by atoms with Gasteiger partial charge in [0.05, 0.1) is 0 Å². The molecule has 1 aromatic heterocycles. The Morgan fingerprint density at radius 3 is 2.86 bits per heavy atom. The van der Waals surface area contributed by atoms with Gasteiger partial charge in [-0.1, -0.05) is 0 Å². The fraction of sp³-hybridized carbons (Fsp3) is 0.375. The highest BCUT2D eigenvalue weighted by atomic mass is 16.5. The number of esters is 1. The summed E-state index contributed by atoms with van der Waals surface area (Å²) in [5.74, 6) is -0.106. The summed E-state index contributed by atoms with van der Waals surface area (Å²) in [4.78, 5) is 24.9. The summed E-state index contributed by atoms with van der Waals surface area (Å²) < 4.78 is 9.55. The third kappa shape index (κ3) is 3.26. The lowest BCUT2D eigenvalue weighted by Gasteiger charge is -1.95. The minimum absolute atomic E-state index is 0.0328. The second-order valence-electron chi connectivity index (χ2n) is 2.59. The van der Waals surface area contributed by atoms with Gasteiger partial charge in [-0.05, 0) is 0 Å². The van der Waals surface area contributed by atoms with E-state index in [4.69, 9.17) is 4.42 Å². The van der Waals surface area contributed by atoms with Crippen molar-refractivity contribution in [2.75, 3.05) is 5.32 Å². The number of ether oxygens (including phenoxy) is 1. The first-order chi connectivity index (χ1) is 6.58. The predicted octanol–water partition coefficient (Wildman–Crippen LogP) is 0.696. The Hall–Kier alpha value is -1.85. The standard InChI is InChI=1S/C8H10N2O4/c1-5(11)9-7-3-14-8(10-7)4-13-6(2)12/h3H,4H2,1-2H3,(H,9,11). The maximum absolute atomic E-state index is 10.6. The highest BCUT2D eigenvalue weighted by Gasteiger charge is 2.05. The number of anilines is 1. The van der Waals surface area contributed by atoms with Crippen LogP contribution in [0.1, 0.15) is 19.7 Å². The Morgan fingerprint density at radius 2 is 2.29 bits per heavy atom. The summed E-state index contributed by atoms with van der Waals surface area (Å²) in [5.41, 5.74) is 0. The van der Waals surface area contributed by atoms with Crippen molar-refractivity contribution >= 4 is 17.7 Å². The molecule has 1 amide bonds. The predicted molar refractivity (Wildman–Crippen MR) is 46.3 cm³/mol. The van der Waals surface area contributed by atoms with Crippen LogP contribution in [-0.4, -0.2) is 16.9 Å². The molecule has 0 aliphatic heterocycles. The lowest BCUT2D eigenvalue weighted by Crippen LogP contribution is -2.06. The van der Waals surface area contributed by atoms with Crippen molar-refractivity contribution in [1.29, 1.82) is 0 Å². The highest BCUT2D eigenvalue weighted by Crippen LogP contribution is 2.08. The Morgan fingerprint density at radius 1 is 1.57 bits per heavy atom. The molecule has 0 spiro atoms. The molecule has 6 heteroatoms. The number of carbonyl (C=O) groups excluding carboxylic acids is 2. The lowest BCUT2D eigenvalue weighted by atomic mass is 10.6. The fourth-order valence-corrected chi connectivity index (χ4v) is 0.778. The molecule has 0 fully saturated rings. The Labute approximate surface area is 80.3 Å². The molecule has 0 atom stereocenters. The molecule has 1 rings (SSSR count). The average Bonchev–Trinajstić information content (AvgIpc) is 2.47. The van der Waals surface area contributed by atoms with Gasteiger partial charge >= 0.3 is 5.97 Å². The Balaban J connectivity index is 2.50. The van der Waals surface area contributed by atoms with Gasteiger partial charge < -0.3 is 14.5 Å². The second-order valence-corrected chi connectivity index (χ2v) is 2.59. The van der Waals surface area contributed by atoms with Gasteiger partial charge in [0.25, 0.3) is 0 Å². The van der Waals surface area contributed by atoms with Crippen LogP contribution in [0.25, 0.3) is 0 Å². The van der Waals surface area contributed by atoms with Crippen LogP contribution in [-0.2, 0) is 20.9 Å². The zero-order valence-electron chi connectivity index (χ0n) is 7.86. The first-order valence-electron chi connectivity index (χ1n) is 3.93. The quantitative estimate of drug-likeness (QED) is 0.723. The molecule has 1 N–H and O–H groups in total. The minimum Gasteiger partial charge on any atom is -0.456 e. The van der Waals surface area contributed by atoms with Gasteiger partial charge in [-0.2, -0.15) is 4.98 Å². The summed E-state index contributed by atoms with van der Waals surface area (Å²) in [6, 6.07) is 0. The molecule has 0 aliphatic carbocycles. The van der Waals surface area contributed by atoms with E-state index in [2.05, 4.69) is 15.0 Å². The second kappa shape index (κ2) is 4.40. The Bertz CT molecular complexity index is 345. The van der Waals surface area contributed by atoms with Crippen LogP contribution in [0.2, 0.25) is 0 Å². The molecular formula is C8H10N2O4. The zero-order chi connectivity index (χ0) is 10.6. The Kier molecular flexibility index (Phi) is 3.22. The van der Waals surface area contributed by atoms with E-state index in [0.29, 0.717) is 5.82 Å². The fourth-order valence-electron chi connectivity index (χ4n) is 0.778. The zero-order valence-corrected chi connectivity index (χ0v) is 7.86. The first kappa shape index (κ1) is 10.2. The number of hydrogen-bond donors (Lipinski definition) is 1. The normalized spacial score (nSPS) is 9.57. The highest BCUT2D eigenvalue weighted by molar-refractivity contribution is 5.87. The summed E-state index contributed by atoms with van der Waals surface area (Å²) >= 11 is 0. The van der Waals surface area contributed by atoms with Crippen LogP contribution in [0.15, 0.2) is 10.7 Å². The van der Waals surface area contributed by atoms with Crippen molar-refractivity contribution < 1.29 is 18.7 Å². The number of hydrogen-bond acceptors (Lipinski definition) is 5. The average molecular weight is 198 g/mol. The van der Waals surface area contributed by atoms with Crippen molar-refractivity contribution in [2.24, 2.45) is 0 Å². The van der Waals surface area contributed by atoms with Crippen molar-refractivity contribution in [1.82, 2.24) is 4.98 Å². The van der Waals surface area contributed by atoms with Gasteiger partial charge in [0, 0.05) is 13.8 Å². The van der Waals surface area contributed by atoms with E-state index in [1.807, 2.05) is 0 Å². The monoisotopic (exact) mass is 198 g/mol. The van der Waals surface area contributed by atoms with Crippen LogP contribution in [0.5, 0.6) is 0 Å². The van der Waals surface area contributed by atoms with Gasteiger partial charge in [-0.3, -0.25) is 9.59 Å². The van der Waals surface area contributed by atoms with Gasteiger partial charge in [0.1, 0.15) is 6.26 Å². The van der Waals surface area contributed by atoms with E-state index in [-0.39, 0.29) is 18.4 Å². The third-order valence-corrected chi connectivity index (χ3v) is 1.25. The maximum Gasteiger partial charge on any atom is 0.303 e. The van der Waals surface area contributed by atoms with E-state index in [1.54, 1.807) is 0 Å².